The molecular formula is C19H21N5OS. The van der Waals surface area contributed by atoms with Gasteiger partial charge in [0.25, 0.3) is 5.91 Å². The molecular weight excluding hydrogens is 346 g/mol. The zero-order valence-electron chi connectivity index (χ0n) is 15.3. The van der Waals surface area contributed by atoms with Gasteiger partial charge in [-0.25, -0.2) is 9.97 Å². The molecule has 3 aromatic rings. The number of benzene rings is 1. The van der Waals surface area contributed by atoms with E-state index >= 15 is 0 Å². The first kappa shape index (κ1) is 18.0. The van der Waals surface area contributed by atoms with Crippen LogP contribution < -0.4 is 10.6 Å². The van der Waals surface area contributed by atoms with Crippen LogP contribution in [0.5, 0.6) is 0 Å². The van der Waals surface area contributed by atoms with Gasteiger partial charge >= 0.3 is 0 Å². The van der Waals surface area contributed by atoms with Crippen LogP contribution in [0.4, 0.5) is 16.6 Å². The number of carbonyl (C=O) groups excluding carboxylic acids is 1. The van der Waals surface area contributed by atoms with Crippen LogP contribution in [0.2, 0.25) is 0 Å². The van der Waals surface area contributed by atoms with Crippen LogP contribution in [0.3, 0.4) is 0 Å². The second-order valence-corrected chi connectivity index (χ2v) is 6.81. The Morgan fingerprint density at radius 3 is 2.50 bits per heavy atom. The fourth-order valence-corrected chi connectivity index (χ4v) is 3.53. The first-order chi connectivity index (χ1) is 12.5. The highest BCUT2D eigenvalue weighted by Gasteiger charge is 2.20. The van der Waals surface area contributed by atoms with Gasteiger partial charge < -0.3 is 10.6 Å². The Hall–Kier alpha value is -2.80. The highest BCUT2D eigenvalue weighted by molar-refractivity contribution is 7.10. The first-order valence-corrected chi connectivity index (χ1v) is 9.20. The Kier molecular flexibility index (Phi) is 5.27. The summed E-state index contributed by atoms with van der Waals surface area (Å²) in [6.07, 6.45) is 0.846. The quantitative estimate of drug-likeness (QED) is 0.698. The lowest BCUT2D eigenvalue weighted by Crippen LogP contribution is -2.15. The smallest absolute Gasteiger partial charge is 0.260 e. The summed E-state index contributed by atoms with van der Waals surface area (Å²) < 4.78 is 4.33. The lowest BCUT2D eigenvalue weighted by molar-refractivity contribution is 0.102. The van der Waals surface area contributed by atoms with Crippen molar-refractivity contribution in [1.82, 2.24) is 14.3 Å². The van der Waals surface area contributed by atoms with Crippen LogP contribution in [0.25, 0.3) is 0 Å². The first-order valence-electron chi connectivity index (χ1n) is 8.42. The molecule has 2 N–H and O–H groups in total. The fourth-order valence-electron chi connectivity index (χ4n) is 2.74. The predicted molar refractivity (Wildman–Crippen MR) is 105 cm³/mol. The molecule has 134 valence electrons. The largest absolute Gasteiger partial charge is 0.322 e. The number of nitrogens with zero attached hydrogens (tertiary/aromatic N) is 3. The molecule has 6 nitrogen and oxygen atoms in total. The topological polar surface area (TPSA) is 79.8 Å². The number of anilines is 3. The van der Waals surface area contributed by atoms with E-state index in [0.29, 0.717) is 22.2 Å². The number of amides is 1. The van der Waals surface area contributed by atoms with Gasteiger partial charge in [0.2, 0.25) is 5.95 Å². The van der Waals surface area contributed by atoms with E-state index in [2.05, 4.69) is 31.9 Å². The van der Waals surface area contributed by atoms with Crippen molar-refractivity contribution in [2.24, 2.45) is 0 Å². The maximum Gasteiger partial charge on any atom is 0.260 e. The summed E-state index contributed by atoms with van der Waals surface area (Å²) in [4.78, 5) is 21.6. The summed E-state index contributed by atoms with van der Waals surface area (Å²) in [6, 6.07) is 9.70. The van der Waals surface area contributed by atoms with Crippen molar-refractivity contribution in [1.29, 1.82) is 0 Å². The third-order valence-corrected chi connectivity index (χ3v) is 4.80. The van der Waals surface area contributed by atoms with E-state index in [0.717, 1.165) is 29.1 Å². The minimum Gasteiger partial charge on any atom is -0.322 e. The Labute approximate surface area is 156 Å². The summed E-state index contributed by atoms with van der Waals surface area (Å²) in [5, 5.41) is 6.78. The molecule has 0 spiro atoms. The minimum atomic E-state index is -0.191. The second kappa shape index (κ2) is 7.61. The molecule has 7 heteroatoms. The molecule has 0 atom stereocenters. The zero-order chi connectivity index (χ0) is 18.7. The van der Waals surface area contributed by atoms with Gasteiger partial charge in [-0.1, -0.05) is 25.1 Å². The number of aromatic nitrogens is 3. The van der Waals surface area contributed by atoms with Gasteiger partial charge in [-0.15, -0.1) is 0 Å². The van der Waals surface area contributed by atoms with Crippen molar-refractivity contribution in [3.8, 4) is 0 Å². The fraction of sp³-hybridized carbons (Fsp3) is 0.263. The Morgan fingerprint density at radius 1 is 1.12 bits per heavy atom. The lowest BCUT2D eigenvalue weighted by Gasteiger charge is -2.11. The van der Waals surface area contributed by atoms with Gasteiger partial charge in [-0.2, -0.15) is 4.37 Å². The number of hydrogen-bond acceptors (Lipinski definition) is 6. The summed E-state index contributed by atoms with van der Waals surface area (Å²) in [6.45, 7) is 7.71. The summed E-state index contributed by atoms with van der Waals surface area (Å²) >= 11 is 1.23. The molecule has 0 saturated carbocycles. The molecule has 0 aliphatic rings. The number of para-hydroxylation sites is 1. The average Bonchev–Trinajstić information content (AvgIpc) is 2.94. The summed E-state index contributed by atoms with van der Waals surface area (Å²) in [5.74, 6) is 0.276. The Bertz CT molecular complexity index is 931. The van der Waals surface area contributed by atoms with Gasteiger partial charge in [-0.3, -0.25) is 4.79 Å². The van der Waals surface area contributed by atoms with Crippen molar-refractivity contribution >= 4 is 34.1 Å². The van der Waals surface area contributed by atoms with Crippen molar-refractivity contribution in [2.75, 3.05) is 10.6 Å². The second-order valence-electron chi connectivity index (χ2n) is 6.04. The van der Waals surface area contributed by atoms with Gasteiger partial charge in [0, 0.05) is 17.1 Å². The van der Waals surface area contributed by atoms with Crippen molar-refractivity contribution in [3.05, 3.63) is 58.5 Å². The molecule has 2 aromatic heterocycles. The number of aryl methyl sites for hydroxylation is 4. The van der Waals surface area contributed by atoms with E-state index in [9.17, 15) is 4.79 Å². The van der Waals surface area contributed by atoms with Crippen LogP contribution >= 0.6 is 11.5 Å². The van der Waals surface area contributed by atoms with Gasteiger partial charge in [0.1, 0.15) is 5.00 Å². The molecule has 0 saturated heterocycles. The van der Waals surface area contributed by atoms with Crippen molar-refractivity contribution in [2.45, 2.75) is 34.1 Å². The Morgan fingerprint density at radius 2 is 1.81 bits per heavy atom. The van der Waals surface area contributed by atoms with Gasteiger partial charge in [0.05, 0.1) is 11.3 Å². The molecule has 0 unspecified atom stereocenters. The molecule has 0 radical (unpaired) electrons. The maximum absolute atomic E-state index is 12.9. The van der Waals surface area contributed by atoms with E-state index < -0.39 is 0 Å². The predicted octanol–water partition coefficient (Wildman–Crippen LogP) is 4.42. The molecule has 0 aliphatic carbocycles. The van der Waals surface area contributed by atoms with Gasteiger partial charge in [0.15, 0.2) is 0 Å². The molecule has 26 heavy (non-hydrogen) atoms. The molecule has 0 aliphatic heterocycles. The zero-order valence-corrected chi connectivity index (χ0v) is 16.1. The third-order valence-electron chi connectivity index (χ3n) is 3.94. The monoisotopic (exact) mass is 367 g/mol. The SMILES string of the molecule is CCc1ccccc1NC(=O)c1c(C)nsc1Nc1nc(C)cc(C)n1. The molecule has 2 heterocycles. The normalized spacial score (nSPS) is 10.6. The lowest BCUT2D eigenvalue weighted by atomic mass is 10.1. The molecule has 3 rings (SSSR count). The average molecular weight is 367 g/mol. The van der Waals surface area contributed by atoms with E-state index in [1.807, 2.05) is 51.1 Å². The number of hydrogen-bond donors (Lipinski definition) is 2. The van der Waals surface area contributed by atoms with E-state index in [1.54, 1.807) is 0 Å². The van der Waals surface area contributed by atoms with Crippen molar-refractivity contribution in [3.63, 3.8) is 0 Å². The molecule has 0 bridgehead atoms. The van der Waals surface area contributed by atoms with E-state index in [1.165, 1.54) is 11.5 Å². The standard InChI is InChI=1S/C19H21N5OS/c1-5-14-8-6-7-9-15(14)22-17(25)16-13(4)24-26-18(16)23-19-20-11(2)10-12(3)21-19/h6-10H,5H2,1-4H3,(H,22,25)(H,20,21,23). The number of rotatable bonds is 5. The highest BCUT2D eigenvalue weighted by Crippen LogP contribution is 2.28. The van der Waals surface area contributed by atoms with Crippen LogP contribution in [-0.2, 0) is 6.42 Å². The number of nitrogens with one attached hydrogen (secondary N) is 2. The van der Waals surface area contributed by atoms with Crippen LogP contribution in [0, 0.1) is 20.8 Å². The molecule has 1 amide bonds. The van der Waals surface area contributed by atoms with Crippen LogP contribution in [0.15, 0.2) is 30.3 Å². The highest BCUT2D eigenvalue weighted by atomic mass is 32.1. The van der Waals surface area contributed by atoms with Crippen LogP contribution in [-0.4, -0.2) is 20.2 Å². The van der Waals surface area contributed by atoms with E-state index in [4.69, 9.17) is 0 Å². The van der Waals surface area contributed by atoms with Crippen molar-refractivity contribution < 1.29 is 4.79 Å². The van der Waals surface area contributed by atoms with E-state index in [-0.39, 0.29) is 5.91 Å². The summed E-state index contributed by atoms with van der Waals surface area (Å²) in [7, 11) is 0. The van der Waals surface area contributed by atoms with Gasteiger partial charge in [-0.05, 0) is 56.4 Å². The molecule has 1 aromatic carbocycles. The number of carbonyl (C=O) groups is 1. The van der Waals surface area contributed by atoms with Crippen LogP contribution in [0.1, 0.15) is 39.9 Å². The Balaban J connectivity index is 1.88. The minimum absolute atomic E-state index is 0.191. The maximum atomic E-state index is 12.9. The third kappa shape index (κ3) is 3.88. The molecule has 0 fully saturated rings. The summed E-state index contributed by atoms with van der Waals surface area (Å²) in [5.41, 5.74) is 4.83.